The number of halogens is 1. The summed E-state index contributed by atoms with van der Waals surface area (Å²) in [7, 11) is 1.55. The second kappa shape index (κ2) is 5.14. The molecule has 0 aliphatic carbocycles. The molecule has 0 saturated heterocycles. The monoisotopic (exact) mass is 240 g/mol. The maximum atomic E-state index is 13.4. The van der Waals surface area contributed by atoms with E-state index in [4.69, 9.17) is 10.5 Å². The van der Waals surface area contributed by atoms with Crippen LogP contribution >= 0.6 is 0 Å². The second-order valence-corrected chi connectivity index (χ2v) is 4.39. The number of hydrogen-bond donors (Lipinski definition) is 2. The number of hydrogen-bond acceptors (Lipinski definition) is 3. The zero-order valence-corrected chi connectivity index (χ0v) is 10.2. The van der Waals surface area contributed by atoms with Crippen LogP contribution in [-0.4, -0.2) is 25.2 Å². The number of nitrogens with one attached hydrogen (secondary N) is 1. The van der Waals surface area contributed by atoms with Gasteiger partial charge in [-0.15, -0.1) is 0 Å². The fraction of sp³-hybridized carbons (Fsp3) is 0.417. The number of amides is 1. The molecule has 1 amide bonds. The molecule has 4 nitrogen and oxygen atoms in total. The van der Waals surface area contributed by atoms with E-state index >= 15 is 0 Å². The van der Waals surface area contributed by atoms with E-state index in [0.717, 1.165) is 0 Å². The van der Waals surface area contributed by atoms with Crippen molar-refractivity contribution in [1.29, 1.82) is 0 Å². The fourth-order valence-corrected chi connectivity index (χ4v) is 1.18. The van der Waals surface area contributed by atoms with Crippen molar-refractivity contribution in [1.82, 2.24) is 5.32 Å². The van der Waals surface area contributed by atoms with Crippen LogP contribution in [0.25, 0.3) is 0 Å². The lowest BCUT2D eigenvalue weighted by Gasteiger charge is -2.23. The number of anilines is 1. The third kappa shape index (κ3) is 3.71. The predicted octanol–water partition coefficient (Wildman–Crippen LogP) is 1.56. The van der Waals surface area contributed by atoms with Gasteiger partial charge in [-0.05, 0) is 32.0 Å². The zero-order valence-electron chi connectivity index (χ0n) is 10.2. The third-order valence-corrected chi connectivity index (χ3v) is 2.46. The Morgan fingerprint density at radius 3 is 2.76 bits per heavy atom. The predicted molar refractivity (Wildman–Crippen MR) is 64.2 cm³/mol. The van der Waals surface area contributed by atoms with Crippen molar-refractivity contribution in [3.05, 3.63) is 29.6 Å². The first kappa shape index (κ1) is 13.4. The van der Waals surface area contributed by atoms with Gasteiger partial charge in [0.05, 0.1) is 11.2 Å². The standard InChI is InChI=1S/C12H17FN2O2/c1-12(2,17-3)7-15-11(16)9-6-8(14)4-5-10(9)13/h4-6H,7,14H2,1-3H3,(H,15,16). The van der Waals surface area contributed by atoms with Gasteiger partial charge in [-0.1, -0.05) is 0 Å². The number of methoxy groups -OCH3 is 1. The highest BCUT2D eigenvalue weighted by atomic mass is 19.1. The molecular formula is C12H17FN2O2. The first-order valence-electron chi connectivity index (χ1n) is 5.24. The Morgan fingerprint density at radius 2 is 2.18 bits per heavy atom. The molecule has 0 aliphatic heterocycles. The smallest absolute Gasteiger partial charge is 0.254 e. The van der Waals surface area contributed by atoms with Crippen molar-refractivity contribution < 1.29 is 13.9 Å². The Kier molecular flexibility index (Phi) is 4.07. The van der Waals surface area contributed by atoms with Gasteiger partial charge in [-0.3, -0.25) is 4.79 Å². The van der Waals surface area contributed by atoms with Gasteiger partial charge >= 0.3 is 0 Å². The summed E-state index contributed by atoms with van der Waals surface area (Å²) in [6.07, 6.45) is 0. The minimum absolute atomic E-state index is 0.0584. The molecule has 0 saturated carbocycles. The molecule has 1 aromatic rings. The molecule has 1 aromatic carbocycles. The molecule has 5 heteroatoms. The molecule has 0 aliphatic rings. The summed E-state index contributed by atoms with van der Waals surface area (Å²) in [6.45, 7) is 3.93. The van der Waals surface area contributed by atoms with Crippen molar-refractivity contribution in [3.63, 3.8) is 0 Å². The highest BCUT2D eigenvalue weighted by molar-refractivity contribution is 5.95. The van der Waals surface area contributed by atoms with E-state index in [1.54, 1.807) is 7.11 Å². The van der Waals surface area contributed by atoms with Gasteiger partial charge in [-0.2, -0.15) is 0 Å². The first-order chi connectivity index (χ1) is 7.85. The van der Waals surface area contributed by atoms with Crippen LogP contribution in [0.2, 0.25) is 0 Å². The molecule has 0 fully saturated rings. The molecule has 0 heterocycles. The molecule has 0 atom stereocenters. The number of nitrogen functional groups attached to an aromatic ring is 1. The van der Waals surface area contributed by atoms with Crippen molar-refractivity contribution in [2.75, 3.05) is 19.4 Å². The lowest BCUT2D eigenvalue weighted by molar-refractivity contribution is 0.0228. The minimum atomic E-state index is -0.591. The first-order valence-corrected chi connectivity index (χ1v) is 5.24. The summed E-state index contributed by atoms with van der Waals surface area (Å²) in [6, 6.07) is 3.89. The summed E-state index contributed by atoms with van der Waals surface area (Å²) in [5, 5.41) is 2.60. The van der Waals surface area contributed by atoms with Crippen LogP contribution in [0.3, 0.4) is 0 Å². The van der Waals surface area contributed by atoms with Gasteiger partial charge in [-0.25, -0.2) is 4.39 Å². The lowest BCUT2D eigenvalue weighted by atomic mass is 10.1. The molecule has 0 unspecified atom stereocenters. The number of ether oxygens (including phenoxy) is 1. The number of benzene rings is 1. The zero-order chi connectivity index (χ0) is 13.1. The van der Waals surface area contributed by atoms with Crippen LogP contribution in [0.4, 0.5) is 10.1 Å². The number of carbonyl (C=O) groups is 1. The second-order valence-electron chi connectivity index (χ2n) is 4.39. The van der Waals surface area contributed by atoms with Gasteiger partial charge in [0.2, 0.25) is 0 Å². The maximum Gasteiger partial charge on any atom is 0.254 e. The van der Waals surface area contributed by atoms with Gasteiger partial charge in [0.25, 0.3) is 5.91 Å². The Bertz CT molecular complexity index is 419. The highest BCUT2D eigenvalue weighted by Gasteiger charge is 2.19. The van der Waals surface area contributed by atoms with Crippen LogP contribution < -0.4 is 11.1 Å². The lowest BCUT2D eigenvalue weighted by Crippen LogP contribution is -2.40. The fourth-order valence-electron chi connectivity index (χ4n) is 1.18. The Balaban J connectivity index is 2.74. The van der Waals surface area contributed by atoms with E-state index in [1.807, 2.05) is 13.8 Å². The minimum Gasteiger partial charge on any atom is -0.399 e. The van der Waals surface area contributed by atoms with E-state index in [9.17, 15) is 9.18 Å². The van der Waals surface area contributed by atoms with Gasteiger partial charge in [0, 0.05) is 19.3 Å². The Labute approximate surface area is 100.0 Å². The normalized spacial score (nSPS) is 11.3. The molecule has 0 spiro atoms. The number of carbonyl (C=O) groups excluding carboxylic acids is 1. The quantitative estimate of drug-likeness (QED) is 0.785. The van der Waals surface area contributed by atoms with E-state index in [-0.39, 0.29) is 12.1 Å². The van der Waals surface area contributed by atoms with Gasteiger partial charge in [0.15, 0.2) is 0 Å². The average molecular weight is 240 g/mol. The van der Waals surface area contributed by atoms with Crippen molar-refractivity contribution in [3.8, 4) is 0 Å². The number of rotatable bonds is 4. The average Bonchev–Trinajstić information content (AvgIpc) is 2.29. The van der Waals surface area contributed by atoms with E-state index in [0.29, 0.717) is 5.69 Å². The van der Waals surface area contributed by atoms with E-state index in [2.05, 4.69) is 5.32 Å². The maximum absolute atomic E-state index is 13.4. The summed E-state index contributed by atoms with van der Waals surface area (Å²) >= 11 is 0. The van der Waals surface area contributed by atoms with E-state index < -0.39 is 17.3 Å². The molecule has 1 rings (SSSR count). The molecule has 94 valence electrons. The summed E-state index contributed by atoms with van der Waals surface area (Å²) in [4.78, 5) is 11.7. The molecular weight excluding hydrogens is 223 g/mol. The Morgan fingerprint density at radius 1 is 1.53 bits per heavy atom. The molecule has 0 aromatic heterocycles. The van der Waals surface area contributed by atoms with Crippen molar-refractivity contribution in [2.24, 2.45) is 0 Å². The highest BCUT2D eigenvalue weighted by Crippen LogP contribution is 2.12. The summed E-state index contributed by atoms with van der Waals surface area (Å²) < 4.78 is 18.5. The van der Waals surface area contributed by atoms with Gasteiger partial charge < -0.3 is 15.8 Å². The van der Waals surface area contributed by atoms with Crippen LogP contribution in [0.1, 0.15) is 24.2 Å². The summed E-state index contributed by atoms with van der Waals surface area (Å²) in [5.74, 6) is -1.09. The van der Waals surface area contributed by atoms with Crippen LogP contribution in [0.5, 0.6) is 0 Å². The van der Waals surface area contributed by atoms with Crippen LogP contribution in [-0.2, 0) is 4.74 Å². The topological polar surface area (TPSA) is 64.3 Å². The molecule has 3 N–H and O–H groups in total. The summed E-state index contributed by atoms with van der Waals surface area (Å²) in [5.41, 5.74) is 5.30. The molecule has 0 radical (unpaired) electrons. The Hall–Kier alpha value is -1.62. The SMILES string of the molecule is COC(C)(C)CNC(=O)c1cc(N)ccc1F. The van der Waals surface area contributed by atoms with Crippen LogP contribution in [0.15, 0.2) is 18.2 Å². The number of nitrogens with two attached hydrogens (primary N) is 1. The van der Waals surface area contributed by atoms with E-state index in [1.165, 1.54) is 18.2 Å². The molecule has 0 bridgehead atoms. The largest absolute Gasteiger partial charge is 0.399 e. The third-order valence-electron chi connectivity index (χ3n) is 2.46. The van der Waals surface area contributed by atoms with Crippen molar-refractivity contribution in [2.45, 2.75) is 19.4 Å². The van der Waals surface area contributed by atoms with Gasteiger partial charge in [0.1, 0.15) is 5.82 Å². The molecule has 17 heavy (non-hydrogen) atoms. The van der Waals surface area contributed by atoms with Crippen molar-refractivity contribution >= 4 is 11.6 Å². The van der Waals surface area contributed by atoms with Crippen LogP contribution in [0, 0.1) is 5.82 Å².